The van der Waals surface area contributed by atoms with Crippen LogP contribution in [-0.2, 0) is 28.9 Å². The molecule has 234 valence electrons. The summed E-state index contributed by atoms with van der Waals surface area (Å²) in [6.07, 6.45) is -5.18. The molecule has 5 rings (SSSR count). The third-order valence-corrected chi connectivity index (χ3v) is 8.78. The van der Waals surface area contributed by atoms with E-state index in [1.807, 2.05) is 4.90 Å². The lowest BCUT2D eigenvalue weighted by Crippen LogP contribution is -2.42. The molecule has 17 heteroatoms. The molecule has 2 aromatic heterocycles. The van der Waals surface area contributed by atoms with Gasteiger partial charge in [0.1, 0.15) is 17.0 Å². The van der Waals surface area contributed by atoms with Crippen LogP contribution in [0.2, 0.25) is 0 Å². The fraction of sp³-hybridized carbons (Fsp3) is 0.500. The minimum absolute atomic E-state index is 0.150. The van der Waals surface area contributed by atoms with Crippen molar-refractivity contribution < 1.29 is 39.9 Å². The summed E-state index contributed by atoms with van der Waals surface area (Å²) in [6.45, 7) is 1.54. The highest BCUT2D eigenvalue weighted by Gasteiger charge is 2.38. The molecule has 1 atom stereocenters. The standard InChI is InChI=1S/C26H29F6N7O3S/c1-43(41,42)39-8-4-17(5-9-39)35-24-33-11-20(26(30,31)32)23(36-24)21-14-38(15-34-21)22-3-2-16(10-19(22)25(27,28)29)12-37-7-6-18(40)13-37/h2-3,10-11,14-15,17-18,40H,4-9,12-13H2,1H3,(H,33,35,36)/t18-/m0/s1. The van der Waals surface area contributed by atoms with Crippen molar-refractivity contribution in [1.82, 2.24) is 28.7 Å². The average molecular weight is 634 g/mol. The van der Waals surface area contributed by atoms with Gasteiger partial charge in [-0.3, -0.25) is 4.90 Å². The summed E-state index contributed by atoms with van der Waals surface area (Å²) >= 11 is 0. The van der Waals surface area contributed by atoms with Gasteiger partial charge >= 0.3 is 12.4 Å². The zero-order valence-corrected chi connectivity index (χ0v) is 23.7. The maximum atomic E-state index is 14.1. The van der Waals surface area contributed by atoms with E-state index in [1.54, 1.807) is 0 Å². The van der Waals surface area contributed by atoms with Crippen molar-refractivity contribution in [3.8, 4) is 17.1 Å². The van der Waals surface area contributed by atoms with Crippen molar-refractivity contribution in [2.24, 2.45) is 0 Å². The Balaban J connectivity index is 1.43. The van der Waals surface area contributed by atoms with E-state index in [0.29, 0.717) is 44.1 Å². The number of nitrogens with zero attached hydrogens (tertiary/aromatic N) is 6. The molecule has 1 aromatic carbocycles. The molecule has 0 amide bonds. The van der Waals surface area contributed by atoms with Gasteiger partial charge in [-0.05, 0) is 37.0 Å². The highest BCUT2D eigenvalue weighted by molar-refractivity contribution is 7.88. The van der Waals surface area contributed by atoms with E-state index in [1.165, 1.54) is 16.4 Å². The molecule has 2 aliphatic rings. The van der Waals surface area contributed by atoms with Crippen molar-refractivity contribution in [2.75, 3.05) is 37.8 Å². The molecule has 0 spiro atoms. The molecule has 2 N–H and O–H groups in total. The van der Waals surface area contributed by atoms with Crippen molar-refractivity contribution in [2.45, 2.75) is 50.3 Å². The number of hydrogen-bond donors (Lipinski definition) is 2. The zero-order chi connectivity index (χ0) is 31.2. The summed E-state index contributed by atoms with van der Waals surface area (Å²) < 4.78 is 110. The molecule has 4 heterocycles. The van der Waals surface area contributed by atoms with E-state index in [2.05, 4.69) is 20.3 Å². The number of aliphatic hydroxyl groups excluding tert-OH is 1. The summed E-state index contributed by atoms with van der Waals surface area (Å²) in [5, 5.41) is 12.7. The summed E-state index contributed by atoms with van der Waals surface area (Å²) in [6, 6.07) is 3.41. The number of nitrogens with one attached hydrogen (secondary N) is 1. The van der Waals surface area contributed by atoms with Gasteiger partial charge in [-0.25, -0.2) is 27.7 Å². The van der Waals surface area contributed by atoms with Gasteiger partial charge in [0.2, 0.25) is 16.0 Å². The Bertz CT molecular complexity index is 1570. The number of halogens is 6. The van der Waals surface area contributed by atoms with Gasteiger partial charge in [0.05, 0.1) is 29.9 Å². The molecule has 0 bridgehead atoms. The van der Waals surface area contributed by atoms with E-state index >= 15 is 0 Å². The van der Waals surface area contributed by atoms with Crippen LogP contribution in [0, 0.1) is 0 Å². The number of hydrogen-bond acceptors (Lipinski definition) is 8. The molecule has 0 aliphatic carbocycles. The number of rotatable bonds is 7. The normalized spacial score (nSPS) is 19.7. The maximum Gasteiger partial charge on any atom is 0.420 e. The van der Waals surface area contributed by atoms with Crippen LogP contribution in [0.25, 0.3) is 17.1 Å². The molecule has 10 nitrogen and oxygen atoms in total. The highest BCUT2D eigenvalue weighted by Crippen LogP contribution is 2.38. The Hall–Kier alpha value is -3.28. The van der Waals surface area contributed by atoms with Crippen LogP contribution in [0.4, 0.5) is 32.3 Å². The molecule has 2 fully saturated rings. The smallest absolute Gasteiger partial charge is 0.392 e. The lowest BCUT2D eigenvalue weighted by molar-refractivity contribution is -0.138. The second kappa shape index (κ2) is 11.7. The molecule has 43 heavy (non-hydrogen) atoms. The molecular formula is C26H29F6N7O3S. The van der Waals surface area contributed by atoms with Gasteiger partial charge in [0, 0.05) is 51.2 Å². The largest absolute Gasteiger partial charge is 0.420 e. The van der Waals surface area contributed by atoms with Crippen LogP contribution in [0.15, 0.2) is 36.9 Å². The van der Waals surface area contributed by atoms with E-state index in [0.717, 1.165) is 29.4 Å². The van der Waals surface area contributed by atoms with Crippen LogP contribution in [0.1, 0.15) is 36.0 Å². The first kappa shape index (κ1) is 31.2. The van der Waals surface area contributed by atoms with Gasteiger partial charge in [-0.1, -0.05) is 6.07 Å². The Morgan fingerprint density at radius 3 is 2.30 bits per heavy atom. The topological polar surface area (TPSA) is 116 Å². The second-order valence-electron chi connectivity index (χ2n) is 10.7. The van der Waals surface area contributed by atoms with Crippen molar-refractivity contribution in [3.05, 3.63) is 53.6 Å². The van der Waals surface area contributed by atoms with Crippen LogP contribution < -0.4 is 5.32 Å². The van der Waals surface area contributed by atoms with Crippen molar-refractivity contribution >= 4 is 16.0 Å². The number of benzene rings is 1. The number of imidazole rings is 1. The molecule has 2 aliphatic heterocycles. The Kier molecular flexibility index (Phi) is 8.45. The molecule has 0 unspecified atom stereocenters. The fourth-order valence-corrected chi connectivity index (χ4v) is 6.17. The summed E-state index contributed by atoms with van der Waals surface area (Å²) in [7, 11) is -3.37. The first-order valence-electron chi connectivity index (χ1n) is 13.4. The van der Waals surface area contributed by atoms with E-state index in [-0.39, 0.29) is 43.0 Å². The number of alkyl halides is 6. The van der Waals surface area contributed by atoms with Gasteiger partial charge in [0.15, 0.2) is 0 Å². The number of aromatic nitrogens is 4. The summed E-state index contributed by atoms with van der Waals surface area (Å²) in [4.78, 5) is 13.6. The predicted molar refractivity (Wildman–Crippen MR) is 144 cm³/mol. The van der Waals surface area contributed by atoms with Gasteiger partial charge in [-0.2, -0.15) is 26.3 Å². The monoisotopic (exact) mass is 633 g/mol. The average Bonchev–Trinajstić information content (AvgIpc) is 3.56. The second-order valence-corrected chi connectivity index (χ2v) is 12.7. The molecule has 0 radical (unpaired) electrons. The first-order chi connectivity index (χ1) is 20.1. The van der Waals surface area contributed by atoms with Crippen LogP contribution >= 0.6 is 0 Å². The lowest BCUT2D eigenvalue weighted by atomic mass is 10.1. The highest BCUT2D eigenvalue weighted by atomic mass is 32.2. The summed E-state index contributed by atoms with van der Waals surface area (Å²) in [5.41, 5.74) is -3.08. The van der Waals surface area contributed by atoms with Gasteiger partial charge in [0.25, 0.3) is 0 Å². The Morgan fingerprint density at radius 1 is 1.00 bits per heavy atom. The third-order valence-electron chi connectivity index (χ3n) is 7.47. The number of likely N-dealkylation sites (tertiary alicyclic amines) is 1. The maximum absolute atomic E-state index is 14.1. The van der Waals surface area contributed by atoms with Crippen LogP contribution in [0.3, 0.4) is 0 Å². The van der Waals surface area contributed by atoms with Crippen LogP contribution in [-0.4, -0.2) is 86.8 Å². The number of sulfonamides is 1. The Morgan fingerprint density at radius 2 is 1.70 bits per heavy atom. The lowest BCUT2D eigenvalue weighted by Gasteiger charge is -2.30. The predicted octanol–water partition coefficient (Wildman–Crippen LogP) is 3.77. The van der Waals surface area contributed by atoms with Gasteiger partial charge in [-0.15, -0.1) is 0 Å². The fourth-order valence-electron chi connectivity index (χ4n) is 5.29. The van der Waals surface area contributed by atoms with Crippen molar-refractivity contribution in [1.29, 1.82) is 0 Å². The molecule has 0 saturated carbocycles. The van der Waals surface area contributed by atoms with Crippen LogP contribution in [0.5, 0.6) is 0 Å². The van der Waals surface area contributed by atoms with E-state index in [9.17, 15) is 39.9 Å². The number of piperidine rings is 1. The van der Waals surface area contributed by atoms with Gasteiger partial charge < -0.3 is 15.0 Å². The SMILES string of the molecule is CS(=O)(=O)N1CCC(Nc2ncc(C(F)(F)F)c(-c3cn(-c4ccc(CN5CC[C@H](O)C5)cc4C(F)(F)F)cn3)n2)CC1. The number of aliphatic hydroxyl groups is 1. The minimum Gasteiger partial charge on any atom is -0.392 e. The van der Waals surface area contributed by atoms with E-state index in [4.69, 9.17) is 0 Å². The van der Waals surface area contributed by atoms with E-state index < -0.39 is 45.3 Å². The third kappa shape index (κ3) is 7.27. The quantitative estimate of drug-likeness (QED) is 0.378. The molecule has 3 aromatic rings. The Labute approximate surface area is 243 Å². The van der Waals surface area contributed by atoms with Crippen molar-refractivity contribution in [3.63, 3.8) is 0 Å². The minimum atomic E-state index is -4.87. The molecular weight excluding hydrogens is 604 g/mol. The summed E-state index contributed by atoms with van der Waals surface area (Å²) in [5.74, 6) is -0.150. The number of β-amino-alcohol motifs (C(OH)–C–C–N with tert-alkyl or cyclic N) is 1. The zero-order valence-electron chi connectivity index (χ0n) is 22.9. The molecule has 2 saturated heterocycles. The first-order valence-corrected chi connectivity index (χ1v) is 15.2. The number of anilines is 1.